The van der Waals surface area contributed by atoms with E-state index in [4.69, 9.17) is 4.74 Å². The number of unbranched alkanes of at least 4 members (excludes halogenated alkanes) is 3. The number of alkyl carbamates (subject to hydrolysis) is 1. The zero-order chi connectivity index (χ0) is 30.7. The van der Waals surface area contributed by atoms with Crippen LogP contribution in [0.1, 0.15) is 102 Å². The van der Waals surface area contributed by atoms with Gasteiger partial charge in [0.1, 0.15) is 17.7 Å². The second-order valence-electron chi connectivity index (χ2n) is 12.4. The molecular weight excluding hydrogens is 514 g/mol. The monoisotopic (exact) mass is 565 g/mol. The van der Waals surface area contributed by atoms with Gasteiger partial charge in [0.2, 0.25) is 5.91 Å². The van der Waals surface area contributed by atoms with Crippen molar-refractivity contribution in [3.63, 3.8) is 0 Å². The van der Waals surface area contributed by atoms with Crippen LogP contribution in [0.3, 0.4) is 0 Å². The molecule has 0 bridgehead atoms. The van der Waals surface area contributed by atoms with Crippen molar-refractivity contribution in [3.05, 3.63) is 64.7 Å². The van der Waals surface area contributed by atoms with Crippen molar-refractivity contribution in [2.24, 2.45) is 5.92 Å². The number of nitrogens with zero attached hydrogens (tertiary/aromatic N) is 1. The minimum absolute atomic E-state index is 0.126. The van der Waals surface area contributed by atoms with Crippen molar-refractivity contribution in [1.29, 1.82) is 0 Å². The lowest BCUT2D eigenvalue weighted by molar-refractivity contribution is -0.141. The maximum atomic E-state index is 14.5. The summed E-state index contributed by atoms with van der Waals surface area (Å²) in [6.45, 7) is 17.9. The fourth-order valence-corrected chi connectivity index (χ4v) is 4.85. The highest BCUT2D eigenvalue weighted by Crippen LogP contribution is 2.30. The highest BCUT2D eigenvalue weighted by Gasteiger charge is 2.37. The van der Waals surface area contributed by atoms with Gasteiger partial charge >= 0.3 is 6.09 Å². The van der Waals surface area contributed by atoms with Gasteiger partial charge in [-0.05, 0) is 88.6 Å². The largest absolute Gasteiger partial charge is 0.444 e. The molecule has 2 rings (SSSR count). The van der Waals surface area contributed by atoms with Crippen LogP contribution < -0.4 is 10.6 Å². The molecule has 226 valence electrons. The first-order valence-electron chi connectivity index (χ1n) is 15.0. The minimum Gasteiger partial charge on any atom is -0.444 e. The van der Waals surface area contributed by atoms with Crippen molar-refractivity contribution >= 4 is 23.6 Å². The molecule has 2 aromatic rings. The topological polar surface area (TPSA) is 87.7 Å². The predicted octanol–water partition coefficient (Wildman–Crippen LogP) is 7.64. The van der Waals surface area contributed by atoms with E-state index in [0.717, 1.165) is 47.9 Å². The fraction of sp³-hybridized carbons (Fsp3) is 0.559. The summed E-state index contributed by atoms with van der Waals surface area (Å²) in [7, 11) is 0. The second-order valence-corrected chi connectivity index (χ2v) is 12.4. The number of amides is 3. The number of aryl methyl sites for hydroxylation is 2. The van der Waals surface area contributed by atoms with Gasteiger partial charge in [0.15, 0.2) is 0 Å². The molecule has 2 atom stereocenters. The maximum Gasteiger partial charge on any atom is 0.408 e. The highest BCUT2D eigenvalue weighted by atomic mass is 16.6. The molecule has 0 fully saturated rings. The Hall–Kier alpha value is -3.35. The van der Waals surface area contributed by atoms with Crippen LogP contribution in [0.4, 0.5) is 10.5 Å². The first kappa shape index (κ1) is 33.9. The molecule has 0 spiro atoms. The number of carbonyl (C=O) groups is 3. The summed E-state index contributed by atoms with van der Waals surface area (Å²) >= 11 is 0. The molecule has 0 saturated carbocycles. The number of benzene rings is 2. The molecule has 0 aromatic heterocycles. The number of hydrogen-bond donors (Lipinski definition) is 2. The summed E-state index contributed by atoms with van der Waals surface area (Å²) in [5.74, 6) is -0.440. The number of para-hydroxylation sites is 1. The van der Waals surface area contributed by atoms with Crippen LogP contribution in [-0.4, -0.2) is 41.0 Å². The minimum atomic E-state index is -0.876. The lowest BCUT2D eigenvalue weighted by atomic mass is 9.93. The standard InChI is InChI=1S/C34H51N3O4/c1-10-11-12-15-21-37(32(39)29(22-23(2)3)36-33(40)41-34(7,8)9)30(27-19-16-18-24(4)26(27)6)31(38)35-28-20-14-13-17-25(28)5/h13-14,16-20,23,29-30H,10-12,15,21-22H2,1-9H3,(H,35,38)(H,36,40). The summed E-state index contributed by atoms with van der Waals surface area (Å²) < 4.78 is 5.51. The summed E-state index contributed by atoms with van der Waals surface area (Å²) in [4.78, 5) is 43.2. The first-order valence-corrected chi connectivity index (χ1v) is 15.0. The molecule has 0 heterocycles. The summed E-state index contributed by atoms with van der Waals surface area (Å²) in [5.41, 5.74) is 3.72. The average Bonchev–Trinajstić information content (AvgIpc) is 2.87. The quantitative estimate of drug-likeness (QED) is 0.244. The molecule has 2 N–H and O–H groups in total. The molecule has 2 unspecified atom stereocenters. The van der Waals surface area contributed by atoms with Crippen LogP contribution in [0.5, 0.6) is 0 Å². The molecule has 2 aromatic carbocycles. The maximum absolute atomic E-state index is 14.5. The Morgan fingerprint density at radius 3 is 2.17 bits per heavy atom. The number of rotatable bonds is 13. The molecule has 0 aliphatic rings. The average molecular weight is 566 g/mol. The van der Waals surface area contributed by atoms with E-state index in [2.05, 4.69) is 17.6 Å². The third kappa shape index (κ3) is 10.5. The van der Waals surface area contributed by atoms with Gasteiger partial charge in [0, 0.05) is 12.2 Å². The van der Waals surface area contributed by atoms with Crippen LogP contribution in [0.15, 0.2) is 42.5 Å². The van der Waals surface area contributed by atoms with Crippen molar-refractivity contribution in [3.8, 4) is 0 Å². The van der Waals surface area contributed by atoms with E-state index in [1.807, 2.05) is 77.1 Å². The zero-order valence-electron chi connectivity index (χ0n) is 26.6. The van der Waals surface area contributed by atoms with Crippen molar-refractivity contribution in [1.82, 2.24) is 10.2 Å². The molecule has 0 saturated heterocycles. The van der Waals surface area contributed by atoms with Gasteiger partial charge in [-0.3, -0.25) is 9.59 Å². The lowest BCUT2D eigenvalue weighted by Gasteiger charge is -2.36. The molecule has 0 aliphatic carbocycles. The van der Waals surface area contributed by atoms with E-state index >= 15 is 0 Å². The number of ether oxygens (including phenoxy) is 1. The Balaban J connectivity index is 2.61. The fourth-order valence-electron chi connectivity index (χ4n) is 4.85. The number of carbonyl (C=O) groups excluding carboxylic acids is 3. The van der Waals surface area contributed by atoms with Gasteiger partial charge in [-0.25, -0.2) is 4.79 Å². The van der Waals surface area contributed by atoms with Gasteiger partial charge in [-0.2, -0.15) is 0 Å². The van der Waals surface area contributed by atoms with Crippen LogP contribution in [0, 0.1) is 26.7 Å². The van der Waals surface area contributed by atoms with E-state index in [0.29, 0.717) is 18.7 Å². The summed E-state index contributed by atoms with van der Waals surface area (Å²) in [6, 6.07) is 11.8. The predicted molar refractivity (Wildman–Crippen MR) is 167 cm³/mol. The third-order valence-electron chi connectivity index (χ3n) is 7.14. The number of hydrogen-bond acceptors (Lipinski definition) is 4. The molecule has 41 heavy (non-hydrogen) atoms. The Kier molecular flexibility index (Phi) is 12.9. The zero-order valence-corrected chi connectivity index (χ0v) is 26.6. The lowest BCUT2D eigenvalue weighted by Crippen LogP contribution is -2.53. The van der Waals surface area contributed by atoms with Crippen LogP contribution in [0.2, 0.25) is 0 Å². The second kappa shape index (κ2) is 15.6. The van der Waals surface area contributed by atoms with E-state index in [1.54, 1.807) is 25.7 Å². The smallest absolute Gasteiger partial charge is 0.408 e. The van der Waals surface area contributed by atoms with Crippen molar-refractivity contribution in [2.75, 3.05) is 11.9 Å². The van der Waals surface area contributed by atoms with Gasteiger partial charge < -0.3 is 20.3 Å². The molecule has 0 aliphatic heterocycles. The molecular formula is C34H51N3O4. The Morgan fingerprint density at radius 1 is 0.902 bits per heavy atom. The Bertz CT molecular complexity index is 1170. The van der Waals surface area contributed by atoms with Gasteiger partial charge in [-0.1, -0.05) is 76.4 Å². The summed E-state index contributed by atoms with van der Waals surface area (Å²) in [5, 5.41) is 5.93. The van der Waals surface area contributed by atoms with E-state index in [-0.39, 0.29) is 17.7 Å². The van der Waals surface area contributed by atoms with E-state index in [9.17, 15) is 14.4 Å². The van der Waals surface area contributed by atoms with Gasteiger partial charge in [0.25, 0.3) is 5.91 Å². The first-order chi connectivity index (χ1) is 19.2. The van der Waals surface area contributed by atoms with E-state index < -0.39 is 23.8 Å². The van der Waals surface area contributed by atoms with Crippen molar-refractivity contribution in [2.45, 2.75) is 112 Å². The summed E-state index contributed by atoms with van der Waals surface area (Å²) in [6.07, 6.45) is 3.56. The van der Waals surface area contributed by atoms with Crippen LogP contribution in [0.25, 0.3) is 0 Å². The van der Waals surface area contributed by atoms with Crippen LogP contribution in [-0.2, 0) is 14.3 Å². The van der Waals surface area contributed by atoms with Crippen LogP contribution >= 0.6 is 0 Å². The van der Waals surface area contributed by atoms with Crippen molar-refractivity contribution < 1.29 is 19.1 Å². The normalized spacial score (nSPS) is 12.9. The highest BCUT2D eigenvalue weighted by molar-refractivity contribution is 5.99. The SMILES string of the molecule is CCCCCCN(C(=O)C(CC(C)C)NC(=O)OC(C)(C)C)C(C(=O)Nc1ccccc1C)c1cccc(C)c1C. The Morgan fingerprint density at radius 2 is 1.56 bits per heavy atom. The van der Waals surface area contributed by atoms with Gasteiger partial charge in [-0.15, -0.1) is 0 Å². The molecule has 3 amide bonds. The molecule has 7 heteroatoms. The van der Waals surface area contributed by atoms with Gasteiger partial charge in [0.05, 0.1) is 0 Å². The van der Waals surface area contributed by atoms with E-state index in [1.165, 1.54) is 0 Å². The molecule has 0 radical (unpaired) electrons. The Labute approximate surface area is 247 Å². The number of nitrogens with one attached hydrogen (secondary N) is 2. The molecule has 7 nitrogen and oxygen atoms in total. The number of anilines is 1. The third-order valence-corrected chi connectivity index (χ3v) is 7.14.